The number of hydrogen-bond acceptors (Lipinski definition) is 1. The summed E-state index contributed by atoms with van der Waals surface area (Å²) in [5, 5.41) is 12.1. The van der Waals surface area contributed by atoms with E-state index < -0.39 is 0 Å². The molecule has 0 N–H and O–H groups in total. The zero-order valence-corrected chi connectivity index (χ0v) is 31.6. The van der Waals surface area contributed by atoms with Gasteiger partial charge in [0.05, 0.1) is 44.2 Å². The molecular formula is C56H30N2O. The van der Waals surface area contributed by atoms with Gasteiger partial charge in [0.25, 0.3) is 0 Å². The third kappa shape index (κ3) is 3.58. The number of rotatable bonds is 2. The van der Waals surface area contributed by atoms with Gasteiger partial charge in [-0.2, -0.15) is 0 Å². The van der Waals surface area contributed by atoms with Gasteiger partial charge in [0.1, 0.15) is 11.2 Å². The van der Waals surface area contributed by atoms with E-state index in [-0.39, 0.29) is 0 Å². The number of aromatic nitrogens is 2. The van der Waals surface area contributed by atoms with Crippen molar-refractivity contribution in [2.45, 2.75) is 0 Å². The van der Waals surface area contributed by atoms with E-state index in [9.17, 15) is 0 Å². The maximum absolute atomic E-state index is 7.32. The molecule has 2 aliphatic rings. The zero-order chi connectivity index (χ0) is 38.1. The van der Waals surface area contributed by atoms with E-state index in [4.69, 9.17) is 4.42 Å². The summed E-state index contributed by atoms with van der Waals surface area (Å²) in [4.78, 5) is 0. The van der Waals surface area contributed by atoms with Crippen molar-refractivity contribution < 1.29 is 4.42 Å². The largest absolute Gasteiger partial charge is 0.455 e. The second-order valence-electron chi connectivity index (χ2n) is 16.3. The third-order valence-electron chi connectivity index (χ3n) is 13.6. The number of nitrogens with zero attached hydrogens (tertiary/aromatic N) is 2. The minimum atomic E-state index is 0.929. The van der Waals surface area contributed by atoms with Gasteiger partial charge in [0.2, 0.25) is 0 Å². The Kier molecular flexibility index (Phi) is 5.41. The first kappa shape index (κ1) is 30.3. The van der Waals surface area contributed by atoms with Crippen LogP contribution in [-0.4, -0.2) is 9.13 Å². The van der Waals surface area contributed by atoms with Gasteiger partial charge in [-0.25, -0.2) is 0 Å². The van der Waals surface area contributed by atoms with E-state index in [1.807, 2.05) is 0 Å². The second kappa shape index (κ2) is 10.5. The van der Waals surface area contributed by atoms with Crippen molar-refractivity contribution in [3.8, 4) is 55.9 Å². The monoisotopic (exact) mass is 746 g/mol. The molecule has 59 heavy (non-hydrogen) atoms. The Hall–Kier alpha value is -7.88. The van der Waals surface area contributed by atoms with Crippen LogP contribution < -0.4 is 0 Å². The number of fused-ring (bicyclic) bond motifs is 17. The van der Waals surface area contributed by atoms with Gasteiger partial charge in [-0.15, -0.1) is 0 Å². The van der Waals surface area contributed by atoms with E-state index >= 15 is 0 Å². The summed E-state index contributed by atoms with van der Waals surface area (Å²) >= 11 is 0. The van der Waals surface area contributed by atoms with Crippen molar-refractivity contribution in [2.24, 2.45) is 0 Å². The van der Waals surface area contributed by atoms with Crippen LogP contribution in [0.2, 0.25) is 0 Å². The lowest BCUT2D eigenvalue weighted by Crippen LogP contribution is -1.95. The molecule has 2 aliphatic carbocycles. The molecule has 3 heterocycles. The highest BCUT2D eigenvalue weighted by atomic mass is 16.3. The number of para-hydroxylation sites is 2. The Bertz CT molecular complexity index is 3760. The molecule has 10 aromatic carbocycles. The summed E-state index contributed by atoms with van der Waals surface area (Å²) in [6.45, 7) is 0. The molecule has 0 fully saturated rings. The van der Waals surface area contributed by atoms with Crippen molar-refractivity contribution in [3.05, 3.63) is 182 Å². The van der Waals surface area contributed by atoms with E-state index in [1.54, 1.807) is 0 Å². The summed E-state index contributed by atoms with van der Waals surface area (Å²) in [7, 11) is 0. The lowest BCUT2D eigenvalue weighted by molar-refractivity contribution is 0.677. The number of furan rings is 1. The van der Waals surface area contributed by atoms with Crippen LogP contribution in [-0.2, 0) is 0 Å². The van der Waals surface area contributed by atoms with Crippen LogP contribution in [0.3, 0.4) is 0 Å². The summed E-state index contributed by atoms with van der Waals surface area (Å²) in [5.41, 5.74) is 19.3. The normalized spacial score (nSPS) is 12.7. The topological polar surface area (TPSA) is 23.0 Å². The zero-order valence-electron chi connectivity index (χ0n) is 31.6. The fraction of sp³-hybridized carbons (Fsp3) is 0. The summed E-state index contributed by atoms with van der Waals surface area (Å²) in [6.07, 6.45) is 0. The fourth-order valence-electron chi connectivity index (χ4n) is 11.3. The predicted molar refractivity (Wildman–Crippen MR) is 246 cm³/mol. The fourth-order valence-corrected chi connectivity index (χ4v) is 11.3. The van der Waals surface area contributed by atoms with Crippen molar-refractivity contribution in [1.29, 1.82) is 0 Å². The molecule has 3 nitrogen and oxygen atoms in total. The molecule has 0 unspecified atom stereocenters. The van der Waals surface area contributed by atoms with Crippen molar-refractivity contribution in [2.75, 3.05) is 0 Å². The van der Waals surface area contributed by atoms with Crippen LogP contribution in [0.4, 0.5) is 0 Å². The Labute approximate surface area is 337 Å². The summed E-state index contributed by atoms with van der Waals surface area (Å²) in [6, 6.07) is 67.2. The van der Waals surface area contributed by atoms with Gasteiger partial charge < -0.3 is 13.6 Å². The smallest absolute Gasteiger partial charge is 0.145 e. The van der Waals surface area contributed by atoms with Gasteiger partial charge in [-0.3, -0.25) is 0 Å². The first-order valence-corrected chi connectivity index (χ1v) is 20.4. The Balaban J connectivity index is 1.02. The van der Waals surface area contributed by atoms with Crippen molar-refractivity contribution in [3.63, 3.8) is 0 Å². The number of hydrogen-bond donors (Lipinski definition) is 0. The van der Waals surface area contributed by atoms with Gasteiger partial charge in [0.15, 0.2) is 0 Å². The van der Waals surface area contributed by atoms with Gasteiger partial charge in [-0.05, 0) is 104 Å². The van der Waals surface area contributed by atoms with Crippen molar-refractivity contribution in [1.82, 2.24) is 9.13 Å². The van der Waals surface area contributed by atoms with Gasteiger partial charge >= 0.3 is 0 Å². The molecule has 3 aromatic heterocycles. The highest BCUT2D eigenvalue weighted by Gasteiger charge is 2.27. The molecule has 0 bridgehead atoms. The van der Waals surface area contributed by atoms with Crippen LogP contribution >= 0.6 is 0 Å². The minimum absolute atomic E-state index is 0.929. The second-order valence-corrected chi connectivity index (χ2v) is 16.3. The molecule has 270 valence electrons. The van der Waals surface area contributed by atoms with E-state index in [0.29, 0.717) is 0 Å². The molecule has 13 aromatic rings. The molecule has 0 saturated carbocycles. The van der Waals surface area contributed by atoms with E-state index in [0.717, 1.165) is 43.7 Å². The Morgan fingerprint density at radius 1 is 0.237 bits per heavy atom. The van der Waals surface area contributed by atoms with Crippen LogP contribution in [0.1, 0.15) is 0 Å². The molecule has 0 atom stereocenters. The minimum Gasteiger partial charge on any atom is -0.455 e. The molecule has 0 radical (unpaired) electrons. The molecule has 0 amide bonds. The maximum Gasteiger partial charge on any atom is 0.145 e. The Morgan fingerprint density at radius 2 is 0.610 bits per heavy atom. The number of benzene rings is 10. The lowest BCUT2D eigenvalue weighted by atomic mass is 10.0. The van der Waals surface area contributed by atoms with Crippen molar-refractivity contribution >= 4 is 87.1 Å². The molecule has 0 aliphatic heterocycles. The first-order valence-electron chi connectivity index (χ1n) is 20.4. The summed E-state index contributed by atoms with van der Waals surface area (Å²) < 4.78 is 12.2. The van der Waals surface area contributed by atoms with Gasteiger partial charge in [0, 0.05) is 32.3 Å². The molecule has 15 rings (SSSR count). The SMILES string of the molecule is c1ccc2c(c1)-c1cccc3c(-n4c5ccccc5c5c6oc7c(ccc8c7c7ccccc7n8-c7ccc8c9c(cccc79)-c7ccccc7-8)c6ccc54)ccc-2c13. The molecular weight excluding hydrogens is 717 g/mol. The molecule has 3 heteroatoms. The van der Waals surface area contributed by atoms with Crippen LogP contribution in [0.25, 0.3) is 143 Å². The molecule has 0 spiro atoms. The highest BCUT2D eigenvalue weighted by molar-refractivity contribution is 6.30. The van der Waals surface area contributed by atoms with Crippen LogP contribution in [0, 0.1) is 0 Å². The quantitative estimate of drug-likeness (QED) is 0.173. The predicted octanol–water partition coefficient (Wildman–Crippen LogP) is 15.4. The van der Waals surface area contributed by atoms with Crippen LogP contribution in [0.5, 0.6) is 0 Å². The lowest BCUT2D eigenvalue weighted by Gasteiger charge is -2.13. The van der Waals surface area contributed by atoms with Crippen LogP contribution in [0.15, 0.2) is 186 Å². The highest BCUT2D eigenvalue weighted by Crippen LogP contribution is 2.52. The van der Waals surface area contributed by atoms with E-state index in [2.05, 4.69) is 191 Å². The Morgan fingerprint density at radius 3 is 1.07 bits per heavy atom. The molecule has 0 saturated heterocycles. The summed E-state index contributed by atoms with van der Waals surface area (Å²) in [5.74, 6) is 0. The average Bonchev–Trinajstić information content (AvgIpc) is 4.09. The first-order chi connectivity index (χ1) is 29.3. The third-order valence-corrected chi connectivity index (χ3v) is 13.6. The average molecular weight is 747 g/mol. The van der Waals surface area contributed by atoms with Gasteiger partial charge in [-0.1, -0.05) is 133 Å². The standard InChI is InChI=1S/C56H30N2O/c1-3-13-33-31(11-1)35-17-9-19-41-47(27-23-37(33)51(35)41)57-45-21-7-5-15-43(45)53-49(57)29-25-39-40-26-30-50-54(56(40)59-55(39)53)44-16-6-8-22-46(44)58(50)48-28-24-38-34-14-4-2-12-32(34)36-18-10-20-42(48)52(36)38/h1-30H. The van der Waals surface area contributed by atoms with E-state index in [1.165, 1.54) is 99.2 Å². The maximum atomic E-state index is 7.32.